The molecule has 5 nitrogen and oxygen atoms in total. The van der Waals surface area contributed by atoms with Crippen LogP contribution in [0.4, 0.5) is 5.69 Å². The van der Waals surface area contributed by atoms with Crippen molar-refractivity contribution in [2.45, 2.75) is 26.9 Å². The van der Waals surface area contributed by atoms with Gasteiger partial charge in [-0.25, -0.2) is 0 Å². The van der Waals surface area contributed by atoms with E-state index in [0.717, 1.165) is 0 Å². The first-order valence-corrected chi connectivity index (χ1v) is 8.33. The molecule has 134 valence electrons. The van der Waals surface area contributed by atoms with E-state index in [0.29, 0.717) is 35.5 Å². The second-order valence-electron chi connectivity index (χ2n) is 6.10. The van der Waals surface area contributed by atoms with Crippen LogP contribution in [0, 0.1) is 5.92 Å². The van der Waals surface area contributed by atoms with Crippen LogP contribution in [0.2, 0.25) is 0 Å². The van der Waals surface area contributed by atoms with Crippen molar-refractivity contribution in [3.8, 4) is 17.2 Å². The standard InChI is InChI=1S/C20H25NO4/c1-14(2)13-24-17-10-6-5-9-16(17)21-20(22)15(3)25-19-12-8-7-11-18(19)23-4/h5-12,14-15H,13H2,1-4H3,(H,21,22). The second kappa shape index (κ2) is 8.97. The highest BCUT2D eigenvalue weighted by atomic mass is 16.5. The molecular formula is C20H25NO4. The van der Waals surface area contributed by atoms with Crippen molar-refractivity contribution in [2.75, 3.05) is 19.0 Å². The third-order valence-corrected chi connectivity index (χ3v) is 3.46. The van der Waals surface area contributed by atoms with Gasteiger partial charge in [-0.3, -0.25) is 4.79 Å². The van der Waals surface area contributed by atoms with Crippen LogP contribution in [0.1, 0.15) is 20.8 Å². The molecule has 0 aliphatic carbocycles. The van der Waals surface area contributed by atoms with Gasteiger partial charge in [0, 0.05) is 0 Å². The summed E-state index contributed by atoms with van der Waals surface area (Å²) in [6.45, 7) is 6.42. The largest absolute Gasteiger partial charge is 0.493 e. The Hall–Kier alpha value is -2.69. The fourth-order valence-electron chi connectivity index (χ4n) is 2.15. The van der Waals surface area contributed by atoms with Crippen LogP contribution in [0.25, 0.3) is 0 Å². The quantitative estimate of drug-likeness (QED) is 0.783. The number of carbonyl (C=O) groups is 1. The van der Waals surface area contributed by atoms with E-state index in [1.54, 1.807) is 26.2 Å². The van der Waals surface area contributed by atoms with E-state index < -0.39 is 6.10 Å². The summed E-state index contributed by atoms with van der Waals surface area (Å²) < 4.78 is 16.7. The minimum atomic E-state index is -0.686. The molecule has 5 heteroatoms. The van der Waals surface area contributed by atoms with Crippen molar-refractivity contribution in [1.82, 2.24) is 0 Å². The SMILES string of the molecule is COc1ccccc1OC(C)C(=O)Nc1ccccc1OCC(C)C. The van der Waals surface area contributed by atoms with Gasteiger partial charge in [-0.15, -0.1) is 0 Å². The first-order valence-electron chi connectivity index (χ1n) is 8.33. The summed E-state index contributed by atoms with van der Waals surface area (Å²) >= 11 is 0. The number of nitrogens with one attached hydrogen (secondary N) is 1. The lowest BCUT2D eigenvalue weighted by Gasteiger charge is -2.18. The van der Waals surface area contributed by atoms with Crippen molar-refractivity contribution in [3.63, 3.8) is 0 Å². The maximum absolute atomic E-state index is 12.5. The summed E-state index contributed by atoms with van der Waals surface area (Å²) in [7, 11) is 1.56. The fraction of sp³-hybridized carbons (Fsp3) is 0.350. The van der Waals surface area contributed by atoms with E-state index in [-0.39, 0.29) is 5.91 Å². The molecule has 2 aromatic carbocycles. The first kappa shape index (κ1) is 18.6. The highest BCUT2D eigenvalue weighted by molar-refractivity contribution is 5.95. The highest BCUT2D eigenvalue weighted by Crippen LogP contribution is 2.28. The Kier molecular flexibility index (Phi) is 6.69. The van der Waals surface area contributed by atoms with Gasteiger partial charge in [0.25, 0.3) is 5.91 Å². The highest BCUT2D eigenvalue weighted by Gasteiger charge is 2.18. The summed E-state index contributed by atoms with van der Waals surface area (Å²) in [4.78, 5) is 12.5. The number of para-hydroxylation sites is 4. The molecule has 1 N–H and O–H groups in total. The van der Waals surface area contributed by atoms with Crippen molar-refractivity contribution in [1.29, 1.82) is 0 Å². The maximum atomic E-state index is 12.5. The number of methoxy groups -OCH3 is 1. The molecule has 2 rings (SSSR count). The molecule has 2 aromatic rings. The molecular weight excluding hydrogens is 318 g/mol. The van der Waals surface area contributed by atoms with Gasteiger partial charge in [-0.05, 0) is 37.1 Å². The second-order valence-corrected chi connectivity index (χ2v) is 6.10. The van der Waals surface area contributed by atoms with E-state index in [4.69, 9.17) is 14.2 Å². The lowest BCUT2D eigenvalue weighted by molar-refractivity contribution is -0.122. The van der Waals surface area contributed by atoms with Gasteiger partial charge >= 0.3 is 0 Å². The van der Waals surface area contributed by atoms with E-state index in [2.05, 4.69) is 19.2 Å². The number of amides is 1. The fourth-order valence-corrected chi connectivity index (χ4v) is 2.15. The average molecular weight is 343 g/mol. The van der Waals surface area contributed by atoms with Crippen LogP contribution < -0.4 is 19.5 Å². The molecule has 0 fully saturated rings. The molecule has 0 bridgehead atoms. The number of hydrogen-bond donors (Lipinski definition) is 1. The molecule has 0 radical (unpaired) electrons. The van der Waals surface area contributed by atoms with Gasteiger partial charge in [0.2, 0.25) is 0 Å². The third-order valence-electron chi connectivity index (χ3n) is 3.46. The van der Waals surface area contributed by atoms with Crippen molar-refractivity contribution < 1.29 is 19.0 Å². The molecule has 0 spiro atoms. The van der Waals surface area contributed by atoms with Gasteiger partial charge in [-0.2, -0.15) is 0 Å². The predicted molar refractivity (Wildman–Crippen MR) is 98.5 cm³/mol. The first-order chi connectivity index (χ1) is 12.0. The summed E-state index contributed by atoms with van der Waals surface area (Å²) in [6, 6.07) is 14.6. The Morgan fingerprint density at radius 2 is 1.56 bits per heavy atom. The molecule has 1 atom stereocenters. The van der Waals surface area contributed by atoms with Crippen LogP contribution >= 0.6 is 0 Å². The van der Waals surface area contributed by atoms with Crippen molar-refractivity contribution in [3.05, 3.63) is 48.5 Å². The molecule has 0 saturated heterocycles. The minimum absolute atomic E-state index is 0.258. The van der Waals surface area contributed by atoms with Crippen LogP contribution in [-0.2, 0) is 4.79 Å². The number of hydrogen-bond acceptors (Lipinski definition) is 4. The molecule has 0 aromatic heterocycles. The monoisotopic (exact) mass is 343 g/mol. The van der Waals surface area contributed by atoms with E-state index in [1.165, 1.54) is 0 Å². The summed E-state index contributed by atoms with van der Waals surface area (Å²) in [5.74, 6) is 1.90. The summed E-state index contributed by atoms with van der Waals surface area (Å²) in [5.41, 5.74) is 0.628. The third kappa shape index (κ3) is 5.41. The molecule has 0 aliphatic heterocycles. The molecule has 1 amide bonds. The van der Waals surface area contributed by atoms with Crippen LogP contribution in [0.15, 0.2) is 48.5 Å². The van der Waals surface area contributed by atoms with Gasteiger partial charge in [0.1, 0.15) is 5.75 Å². The molecule has 0 saturated carbocycles. The zero-order valence-electron chi connectivity index (χ0n) is 15.1. The van der Waals surface area contributed by atoms with Crippen LogP contribution in [-0.4, -0.2) is 25.7 Å². The van der Waals surface area contributed by atoms with Gasteiger partial charge in [-0.1, -0.05) is 38.1 Å². The van der Waals surface area contributed by atoms with Gasteiger partial charge in [0.05, 0.1) is 19.4 Å². The Bertz CT molecular complexity index is 700. The number of anilines is 1. The lowest BCUT2D eigenvalue weighted by Crippen LogP contribution is -2.30. The zero-order chi connectivity index (χ0) is 18.2. The van der Waals surface area contributed by atoms with E-state index in [1.807, 2.05) is 36.4 Å². The van der Waals surface area contributed by atoms with Crippen molar-refractivity contribution in [2.24, 2.45) is 5.92 Å². The summed E-state index contributed by atoms with van der Waals surface area (Å²) in [5, 5.41) is 2.86. The Balaban J connectivity index is 2.04. The molecule has 25 heavy (non-hydrogen) atoms. The smallest absolute Gasteiger partial charge is 0.265 e. The lowest BCUT2D eigenvalue weighted by atomic mass is 10.2. The topological polar surface area (TPSA) is 56.8 Å². The minimum Gasteiger partial charge on any atom is -0.493 e. The van der Waals surface area contributed by atoms with Gasteiger partial charge < -0.3 is 19.5 Å². The number of carbonyl (C=O) groups excluding carboxylic acids is 1. The average Bonchev–Trinajstić information content (AvgIpc) is 2.61. The molecule has 0 aliphatic rings. The number of ether oxygens (including phenoxy) is 3. The van der Waals surface area contributed by atoms with Gasteiger partial charge in [0.15, 0.2) is 17.6 Å². The van der Waals surface area contributed by atoms with Crippen molar-refractivity contribution >= 4 is 11.6 Å². The maximum Gasteiger partial charge on any atom is 0.265 e. The molecule has 1 unspecified atom stereocenters. The van der Waals surface area contributed by atoms with Crippen LogP contribution in [0.3, 0.4) is 0 Å². The number of rotatable bonds is 8. The predicted octanol–water partition coefficient (Wildman–Crippen LogP) is 4.14. The molecule has 0 heterocycles. The normalized spacial score (nSPS) is 11.7. The Morgan fingerprint density at radius 3 is 2.20 bits per heavy atom. The number of benzene rings is 2. The zero-order valence-corrected chi connectivity index (χ0v) is 15.1. The van der Waals surface area contributed by atoms with Crippen LogP contribution in [0.5, 0.6) is 17.2 Å². The Morgan fingerprint density at radius 1 is 0.960 bits per heavy atom. The van der Waals surface area contributed by atoms with E-state index in [9.17, 15) is 4.79 Å². The van der Waals surface area contributed by atoms with E-state index >= 15 is 0 Å². The Labute approximate surface area is 148 Å². The summed E-state index contributed by atoms with van der Waals surface area (Å²) in [6.07, 6.45) is -0.686.